The minimum Gasteiger partial charge on any atom is -0.497 e. The zero-order chi connectivity index (χ0) is 20.8. The molecule has 3 aromatic rings. The molecule has 0 unspecified atom stereocenters. The van der Waals surface area contributed by atoms with Gasteiger partial charge in [0.25, 0.3) is 5.91 Å². The Morgan fingerprint density at radius 1 is 1.13 bits per heavy atom. The van der Waals surface area contributed by atoms with Gasteiger partial charge in [0.2, 0.25) is 0 Å². The number of carbonyl (C=O) groups excluding carboxylic acids is 1. The minimum atomic E-state index is -0.0980. The van der Waals surface area contributed by atoms with Gasteiger partial charge in [0.15, 0.2) is 0 Å². The molecule has 30 heavy (non-hydrogen) atoms. The van der Waals surface area contributed by atoms with Gasteiger partial charge in [-0.05, 0) is 66.4 Å². The monoisotopic (exact) mass is 478 g/mol. The first-order chi connectivity index (χ1) is 14.5. The SMILES string of the molecule is COc1ccc(-c2cc(C3CC3)nc3c2C(=S)N(C(=O)c2ccc(Br)cc2)C3)cc1. The number of carbonyl (C=O) groups is 1. The van der Waals surface area contributed by atoms with Crippen LogP contribution in [0.25, 0.3) is 11.1 Å². The quantitative estimate of drug-likeness (QED) is 0.449. The third-order valence-corrected chi connectivity index (χ3v) is 6.57. The van der Waals surface area contributed by atoms with Gasteiger partial charge < -0.3 is 4.74 Å². The van der Waals surface area contributed by atoms with Crippen LogP contribution in [0.15, 0.2) is 59.1 Å². The highest BCUT2D eigenvalue weighted by molar-refractivity contribution is 9.10. The van der Waals surface area contributed by atoms with Gasteiger partial charge in [0.05, 0.1) is 19.3 Å². The number of nitrogens with zero attached hydrogens (tertiary/aromatic N) is 2. The van der Waals surface area contributed by atoms with Crippen molar-refractivity contribution >= 4 is 39.0 Å². The van der Waals surface area contributed by atoms with Crippen LogP contribution >= 0.6 is 28.1 Å². The standard InChI is InChI=1S/C24H19BrN2O2S/c1-29-18-10-6-14(7-11-18)19-12-20(15-2-3-15)26-21-13-27(24(30)22(19)21)23(28)16-4-8-17(25)9-5-16/h4-12,15H,2-3,13H2,1H3. The van der Waals surface area contributed by atoms with Gasteiger partial charge in [-0.15, -0.1) is 0 Å². The molecule has 1 saturated carbocycles. The summed E-state index contributed by atoms with van der Waals surface area (Å²) < 4.78 is 6.24. The van der Waals surface area contributed by atoms with Crippen molar-refractivity contribution < 1.29 is 9.53 Å². The molecule has 1 aliphatic heterocycles. The summed E-state index contributed by atoms with van der Waals surface area (Å²) in [6.45, 7) is 0.410. The fraction of sp³-hybridized carbons (Fsp3) is 0.208. The molecular formula is C24H19BrN2O2S. The zero-order valence-corrected chi connectivity index (χ0v) is 18.8. The average molecular weight is 479 g/mol. The molecule has 0 spiro atoms. The third kappa shape index (κ3) is 3.44. The van der Waals surface area contributed by atoms with Crippen LogP contribution in [0.1, 0.15) is 46.1 Å². The lowest BCUT2D eigenvalue weighted by Crippen LogP contribution is -2.30. The van der Waals surface area contributed by atoms with Crippen molar-refractivity contribution in [2.45, 2.75) is 25.3 Å². The lowest BCUT2D eigenvalue weighted by Gasteiger charge is -2.16. The van der Waals surface area contributed by atoms with Gasteiger partial charge in [-0.25, -0.2) is 0 Å². The number of rotatable bonds is 4. The van der Waals surface area contributed by atoms with Gasteiger partial charge >= 0.3 is 0 Å². The molecule has 1 aliphatic carbocycles. The highest BCUT2D eigenvalue weighted by Crippen LogP contribution is 2.43. The highest BCUT2D eigenvalue weighted by atomic mass is 79.9. The first kappa shape index (κ1) is 19.4. The van der Waals surface area contributed by atoms with Gasteiger partial charge in [-0.3, -0.25) is 14.7 Å². The summed E-state index contributed by atoms with van der Waals surface area (Å²) in [7, 11) is 1.66. The molecule has 0 atom stereocenters. The number of aromatic nitrogens is 1. The molecule has 0 bridgehead atoms. The van der Waals surface area contributed by atoms with E-state index in [1.165, 1.54) is 12.8 Å². The second-order valence-electron chi connectivity index (χ2n) is 7.62. The summed E-state index contributed by atoms with van der Waals surface area (Å²) in [5.41, 5.74) is 5.59. The van der Waals surface area contributed by atoms with E-state index in [-0.39, 0.29) is 5.91 Å². The van der Waals surface area contributed by atoms with Crippen LogP contribution in [0.2, 0.25) is 0 Å². The number of pyridine rings is 1. The maximum absolute atomic E-state index is 13.2. The second kappa shape index (κ2) is 7.60. The van der Waals surface area contributed by atoms with Crippen molar-refractivity contribution in [3.8, 4) is 16.9 Å². The molecular weight excluding hydrogens is 460 g/mol. The Morgan fingerprint density at radius 3 is 2.47 bits per heavy atom. The van der Waals surface area contributed by atoms with Crippen molar-refractivity contribution in [3.63, 3.8) is 0 Å². The van der Waals surface area contributed by atoms with E-state index in [1.807, 2.05) is 48.5 Å². The number of thiocarbonyl (C=S) groups is 1. The van der Waals surface area contributed by atoms with Crippen molar-refractivity contribution in [2.24, 2.45) is 0 Å². The summed E-state index contributed by atoms with van der Waals surface area (Å²) in [5.74, 6) is 1.22. The number of hydrogen-bond donors (Lipinski definition) is 0. The van der Waals surface area contributed by atoms with E-state index in [4.69, 9.17) is 21.9 Å². The Balaban J connectivity index is 1.57. The number of hydrogen-bond acceptors (Lipinski definition) is 4. The Bertz CT molecular complexity index is 1160. The summed E-state index contributed by atoms with van der Waals surface area (Å²) >= 11 is 9.21. The van der Waals surface area contributed by atoms with Crippen LogP contribution in [0, 0.1) is 0 Å². The topological polar surface area (TPSA) is 42.4 Å². The molecule has 0 N–H and O–H groups in total. The van der Waals surface area contributed by atoms with E-state index in [1.54, 1.807) is 12.0 Å². The molecule has 0 radical (unpaired) electrons. The Hall–Kier alpha value is -2.57. The molecule has 0 saturated heterocycles. The first-order valence-corrected chi connectivity index (χ1v) is 11.1. The van der Waals surface area contributed by atoms with Crippen molar-refractivity contribution in [3.05, 3.63) is 81.6 Å². The number of halogens is 1. The molecule has 2 aliphatic rings. The Kier molecular flexibility index (Phi) is 4.91. The Morgan fingerprint density at radius 2 is 1.83 bits per heavy atom. The molecule has 5 rings (SSSR count). The van der Waals surface area contributed by atoms with E-state index < -0.39 is 0 Å². The number of ether oxygens (including phenoxy) is 1. The Labute approximate surface area is 189 Å². The van der Waals surface area contributed by atoms with Gasteiger partial charge in [-0.2, -0.15) is 0 Å². The van der Waals surface area contributed by atoms with Crippen molar-refractivity contribution in [1.82, 2.24) is 9.88 Å². The summed E-state index contributed by atoms with van der Waals surface area (Å²) in [6.07, 6.45) is 2.33. The van der Waals surface area contributed by atoms with E-state index in [0.717, 1.165) is 38.3 Å². The van der Waals surface area contributed by atoms with Gasteiger partial charge in [0.1, 0.15) is 10.7 Å². The van der Waals surface area contributed by atoms with Crippen LogP contribution in [-0.2, 0) is 6.54 Å². The van der Waals surface area contributed by atoms with Crippen molar-refractivity contribution in [1.29, 1.82) is 0 Å². The van der Waals surface area contributed by atoms with E-state index in [9.17, 15) is 4.79 Å². The van der Waals surface area contributed by atoms with Gasteiger partial charge in [0, 0.05) is 27.2 Å². The normalized spacial score (nSPS) is 15.3. The summed E-state index contributed by atoms with van der Waals surface area (Å²) in [6, 6.07) is 17.5. The van der Waals surface area contributed by atoms with E-state index in [0.29, 0.717) is 23.0 Å². The molecule has 1 fully saturated rings. The maximum atomic E-state index is 13.2. The van der Waals surface area contributed by atoms with Crippen molar-refractivity contribution in [2.75, 3.05) is 7.11 Å². The first-order valence-electron chi connectivity index (χ1n) is 9.85. The zero-order valence-electron chi connectivity index (χ0n) is 16.4. The summed E-state index contributed by atoms with van der Waals surface area (Å²) in [5, 5.41) is 0. The highest BCUT2D eigenvalue weighted by Gasteiger charge is 2.35. The van der Waals surface area contributed by atoms with Crippen LogP contribution in [0.3, 0.4) is 0 Å². The number of methoxy groups -OCH3 is 1. The predicted octanol–water partition coefficient (Wildman–Crippen LogP) is 5.73. The lowest BCUT2D eigenvalue weighted by molar-refractivity contribution is 0.0847. The fourth-order valence-electron chi connectivity index (χ4n) is 3.83. The molecule has 6 heteroatoms. The third-order valence-electron chi connectivity index (χ3n) is 5.61. The van der Waals surface area contributed by atoms with E-state index in [2.05, 4.69) is 22.0 Å². The van der Waals surface area contributed by atoms with Crippen LogP contribution in [0.5, 0.6) is 5.75 Å². The molecule has 1 amide bonds. The predicted molar refractivity (Wildman–Crippen MR) is 124 cm³/mol. The van der Waals surface area contributed by atoms with Crippen LogP contribution in [0.4, 0.5) is 0 Å². The van der Waals surface area contributed by atoms with E-state index >= 15 is 0 Å². The van der Waals surface area contributed by atoms with Gasteiger partial charge in [-0.1, -0.05) is 40.3 Å². The number of amides is 1. The average Bonchev–Trinajstić information content (AvgIpc) is 3.57. The lowest BCUT2D eigenvalue weighted by atomic mass is 9.98. The van der Waals surface area contributed by atoms with Crippen LogP contribution in [-0.4, -0.2) is 27.9 Å². The maximum Gasteiger partial charge on any atom is 0.259 e. The largest absolute Gasteiger partial charge is 0.497 e. The second-order valence-corrected chi connectivity index (χ2v) is 8.92. The van der Waals surface area contributed by atoms with Crippen LogP contribution < -0.4 is 4.74 Å². The summed E-state index contributed by atoms with van der Waals surface area (Å²) in [4.78, 5) is 20.3. The molecule has 150 valence electrons. The number of benzene rings is 2. The number of fused-ring (bicyclic) bond motifs is 1. The molecule has 2 aromatic carbocycles. The minimum absolute atomic E-state index is 0.0980. The fourth-order valence-corrected chi connectivity index (χ4v) is 4.47. The molecule has 1 aromatic heterocycles. The molecule has 4 nitrogen and oxygen atoms in total. The molecule has 2 heterocycles. The smallest absolute Gasteiger partial charge is 0.259 e.